The lowest BCUT2D eigenvalue weighted by atomic mass is 10.1. The van der Waals surface area contributed by atoms with E-state index in [1.54, 1.807) is 0 Å². The predicted molar refractivity (Wildman–Crippen MR) is 81.8 cm³/mol. The van der Waals surface area contributed by atoms with Crippen LogP contribution in [0.2, 0.25) is 0 Å². The third kappa shape index (κ3) is 5.17. The zero-order valence-electron chi connectivity index (χ0n) is 13.3. The Morgan fingerprint density at radius 3 is 2.43 bits per heavy atom. The lowest BCUT2D eigenvalue weighted by Crippen LogP contribution is -2.16. The standard InChI is InChI=1S/C14H24N4O3/c1-6-7-21-14-12(18(19)20)13(15-10(4)5)16-11(17-14)8-9(2)3/h9-10H,6-8H2,1-5H3,(H,15,16,17). The molecule has 1 rings (SSSR count). The molecule has 1 heterocycles. The predicted octanol–water partition coefficient (Wildman–Crippen LogP) is 3.19. The molecule has 0 spiro atoms. The first-order chi connectivity index (χ1) is 9.85. The number of aromatic nitrogens is 2. The highest BCUT2D eigenvalue weighted by molar-refractivity contribution is 5.62. The van der Waals surface area contributed by atoms with Crippen molar-refractivity contribution < 1.29 is 9.66 Å². The Hall–Kier alpha value is -1.92. The minimum Gasteiger partial charge on any atom is -0.473 e. The van der Waals surface area contributed by atoms with Crippen LogP contribution < -0.4 is 10.1 Å². The molecule has 1 aromatic rings. The van der Waals surface area contributed by atoms with Gasteiger partial charge in [-0.05, 0) is 26.2 Å². The second-order valence-electron chi connectivity index (χ2n) is 5.64. The lowest BCUT2D eigenvalue weighted by molar-refractivity contribution is -0.385. The maximum absolute atomic E-state index is 11.3. The van der Waals surface area contributed by atoms with E-state index in [2.05, 4.69) is 15.3 Å². The van der Waals surface area contributed by atoms with Gasteiger partial charge in [0.25, 0.3) is 5.88 Å². The summed E-state index contributed by atoms with van der Waals surface area (Å²) >= 11 is 0. The second-order valence-corrected chi connectivity index (χ2v) is 5.64. The van der Waals surface area contributed by atoms with Gasteiger partial charge in [0.2, 0.25) is 5.82 Å². The molecule has 0 aromatic carbocycles. The molecule has 0 atom stereocenters. The number of nitrogens with one attached hydrogen (secondary N) is 1. The molecule has 0 radical (unpaired) electrons. The van der Waals surface area contributed by atoms with Gasteiger partial charge in [-0.15, -0.1) is 0 Å². The molecule has 118 valence electrons. The Bertz CT molecular complexity index is 489. The number of nitro groups is 1. The lowest BCUT2D eigenvalue weighted by Gasteiger charge is -2.14. The van der Waals surface area contributed by atoms with Gasteiger partial charge in [-0.3, -0.25) is 10.1 Å². The molecule has 7 nitrogen and oxygen atoms in total. The molecule has 0 aliphatic heterocycles. The van der Waals surface area contributed by atoms with Crippen LogP contribution in [0.15, 0.2) is 0 Å². The average Bonchev–Trinajstić information content (AvgIpc) is 2.33. The summed E-state index contributed by atoms with van der Waals surface area (Å²) in [5, 5.41) is 14.3. The van der Waals surface area contributed by atoms with Crippen LogP contribution in [0.25, 0.3) is 0 Å². The highest BCUT2D eigenvalue weighted by Crippen LogP contribution is 2.32. The van der Waals surface area contributed by atoms with E-state index in [0.29, 0.717) is 24.8 Å². The SMILES string of the molecule is CCCOc1nc(CC(C)C)nc(NC(C)C)c1[N+](=O)[O-]. The molecule has 0 fully saturated rings. The minimum absolute atomic E-state index is 0.0320. The van der Waals surface area contributed by atoms with Crippen LogP contribution in [0.3, 0.4) is 0 Å². The Morgan fingerprint density at radius 2 is 1.95 bits per heavy atom. The highest BCUT2D eigenvalue weighted by atomic mass is 16.6. The van der Waals surface area contributed by atoms with E-state index in [1.807, 2.05) is 34.6 Å². The van der Waals surface area contributed by atoms with E-state index in [1.165, 1.54) is 0 Å². The van der Waals surface area contributed by atoms with Crippen LogP contribution >= 0.6 is 0 Å². The van der Waals surface area contributed by atoms with Crippen LogP contribution in [0.5, 0.6) is 5.88 Å². The van der Waals surface area contributed by atoms with Crippen molar-refractivity contribution in [3.8, 4) is 5.88 Å². The van der Waals surface area contributed by atoms with Crippen molar-refractivity contribution in [3.05, 3.63) is 15.9 Å². The molecule has 0 bridgehead atoms. The smallest absolute Gasteiger partial charge is 0.372 e. The Morgan fingerprint density at radius 1 is 1.29 bits per heavy atom. The zero-order chi connectivity index (χ0) is 16.0. The van der Waals surface area contributed by atoms with E-state index in [4.69, 9.17) is 4.74 Å². The highest BCUT2D eigenvalue weighted by Gasteiger charge is 2.27. The van der Waals surface area contributed by atoms with Gasteiger partial charge in [0.15, 0.2) is 0 Å². The van der Waals surface area contributed by atoms with Crippen molar-refractivity contribution in [3.63, 3.8) is 0 Å². The first-order valence-electron chi connectivity index (χ1n) is 7.29. The Balaban J connectivity index is 3.30. The van der Waals surface area contributed by atoms with Crippen LogP contribution in [-0.4, -0.2) is 27.5 Å². The van der Waals surface area contributed by atoms with E-state index >= 15 is 0 Å². The zero-order valence-corrected chi connectivity index (χ0v) is 13.3. The summed E-state index contributed by atoms with van der Waals surface area (Å²) in [7, 11) is 0. The number of ether oxygens (including phenoxy) is 1. The molecule has 0 saturated carbocycles. The third-order valence-corrected chi connectivity index (χ3v) is 2.54. The third-order valence-electron chi connectivity index (χ3n) is 2.54. The van der Waals surface area contributed by atoms with Gasteiger partial charge >= 0.3 is 5.69 Å². The summed E-state index contributed by atoms with van der Waals surface area (Å²) in [6, 6.07) is 0.0320. The van der Waals surface area contributed by atoms with Gasteiger partial charge in [-0.1, -0.05) is 20.8 Å². The number of hydrogen-bond donors (Lipinski definition) is 1. The quantitative estimate of drug-likeness (QED) is 0.585. The van der Waals surface area contributed by atoms with Crippen molar-refractivity contribution >= 4 is 11.5 Å². The van der Waals surface area contributed by atoms with Crippen LogP contribution in [-0.2, 0) is 6.42 Å². The van der Waals surface area contributed by atoms with Crippen LogP contribution in [0, 0.1) is 16.0 Å². The van der Waals surface area contributed by atoms with Crippen molar-refractivity contribution in [2.24, 2.45) is 5.92 Å². The van der Waals surface area contributed by atoms with Crippen LogP contribution in [0.4, 0.5) is 11.5 Å². The molecule has 0 saturated heterocycles. The van der Waals surface area contributed by atoms with Gasteiger partial charge in [-0.2, -0.15) is 4.98 Å². The molecule has 0 aliphatic carbocycles. The van der Waals surface area contributed by atoms with Gasteiger partial charge in [0.05, 0.1) is 11.5 Å². The topological polar surface area (TPSA) is 90.2 Å². The molecular formula is C14H24N4O3. The maximum Gasteiger partial charge on any atom is 0.372 e. The molecule has 0 amide bonds. The summed E-state index contributed by atoms with van der Waals surface area (Å²) in [5.41, 5.74) is -0.190. The largest absolute Gasteiger partial charge is 0.473 e. The summed E-state index contributed by atoms with van der Waals surface area (Å²) < 4.78 is 5.46. The molecule has 1 aromatic heterocycles. The molecule has 7 heteroatoms. The van der Waals surface area contributed by atoms with Gasteiger partial charge in [0.1, 0.15) is 5.82 Å². The van der Waals surface area contributed by atoms with Gasteiger partial charge in [-0.25, -0.2) is 4.98 Å². The number of anilines is 1. The van der Waals surface area contributed by atoms with E-state index in [-0.39, 0.29) is 23.4 Å². The molecular weight excluding hydrogens is 272 g/mol. The van der Waals surface area contributed by atoms with E-state index in [0.717, 1.165) is 6.42 Å². The van der Waals surface area contributed by atoms with Crippen molar-refractivity contribution in [1.29, 1.82) is 0 Å². The second kappa shape index (κ2) is 7.75. The summed E-state index contributed by atoms with van der Waals surface area (Å²) in [5.74, 6) is 1.20. The molecule has 0 aliphatic rings. The van der Waals surface area contributed by atoms with E-state index < -0.39 is 4.92 Å². The molecule has 1 N–H and O–H groups in total. The fourth-order valence-corrected chi connectivity index (χ4v) is 1.77. The fraction of sp³-hybridized carbons (Fsp3) is 0.714. The monoisotopic (exact) mass is 296 g/mol. The molecule has 0 unspecified atom stereocenters. The Labute approximate surface area is 125 Å². The van der Waals surface area contributed by atoms with Crippen LogP contribution in [0.1, 0.15) is 46.9 Å². The summed E-state index contributed by atoms with van der Waals surface area (Å²) in [6.07, 6.45) is 1.40. The average molecular weight is 296 g/mol. The van der Waals surface area contributed by atoms with Crippen molar-refractivity contribution in [1.82, 2.24) is 9.97 Å². The minimum atomic E-state index is -0.491. The summed E-state index contributed by atoms with van der Waals surface area (Å²) in [4.78, 5) is 19.4. The molecule has 21 heavy (non-hydrogen) atoms. The van der Waals surface area contributed by atoms with Gasteiger partial charge < -0.3 is 10.1 Å². The fourth-order valence-electron chi connectivity index (χ4n) is 1.77. The number of rotatable bonds is 8. The number of nitrogens with zero attached hydrogens (tertiary/aromatic N) is 3. The first kappa shape index (κ1) is 17.1. The van der Waals surface area contributed by atoms with Crippen molar-refractivity contribution in [2.75, 3.05) is 11.9 Å². The maximum atomic E-state index is 11.3. The normalized spacial score (nSPS) is 11.0. The van der Waals surface area contributed by atoms with E-state index in [9.17, 15) is 10.1 Å². The Kier molecular flexibility index (Phi) is 6.33. The first-order valence-corrected chi connectivity index (χ1v) is 7.29. The van der Waals surface area contributed by atoms with Gasteiger partial charge in [0, 0.05) is 12.5 Å². The van der Waals surface area contributed by atoms with Crippen molar-refractivity contribution in [2.45, 2.75) is 53.5 Å². The summed E-state index contributed by atoms with van der Waals surface area (Å²) in [6.45, 7) is 10.2. The number of hydrogen-bond acceptors (Lipinski definition) is 6.